The van der Waals surface area contributed by atoms with Crippen LogP contribution >= 0.6 is 0 Å². The summed E-state index contributed by atoms with van der Waals surface area (Å²) in [5.41, 5.74) is 0.696. The van der Waals surface area contributed by atoms with Crippen LogP contribution in [0.1, 0.15) is 32.6 Å². The monoisotopic (exact) mass is 444 g/mol. The second-order valence-electron chi connectivity index (χ2n) is 8.08. The van der Waals surface area contributed by atoms with Crippen molar-refractivity contribution in [3.63, 3.8) is 0 Å². The maximum atomic E-state index is 13.3. The summed E-state index contributed by atoms with van der Waals surface area (Å²) in [6.07, 6.45) is 4.39. The molecule has 0 bridgehead atoms. The number of piperidine rings is 1. The molecule has 2 aliphatic heterocycles. The van der Waals surface area contributed by atoms with Crippen LogP contribution in [0, 0.1) is 10.1 Å². The minimum atomic E-state index is -3.93. The van der Waals surface area contributed by atoms with Gasteiger partial charge >= 0.3 is 0 Å². The van der Waals surface area contributed by atoms with E-state index in [1.54, 1.807) is 31.2 Å². The third-order valence-corrected chi connectivity index (χ3v) is 8.18. The quantitative estimate of drug-likeness (QED) is 0.515. The van der Waals surface area contributed by atoms with Gasteiger partial charge in [-0.1, -0.05) is 24.6 Å². The van der Waals surface area contributed by atoms with Crippen molar-refractivity contribution < 1.29 is 13.3 Å². The van der Waals surface area contributed by atoms with Crippen molar-refractivity contribution in [2.24, 2.45) is 0 Å². The fraction of sp³-hybridized carbons (Fsp3) is 0.455. The van der Waals surface area contributed by atoms with Crippen LogP contribution in [0.25, 0.3) is 0 Å². The van der Waals surface area contributed by atoms with Crippen molar-refractivity contribution in [3.8, 4) is 0 Å². The lowest BCUT2D eigenvalue weighted by Crippen LogP contribution is -2.41. The highest BCUT2D eigenvalue weighted by Gasteiger charge is 2.36. The molecular formula is C22H28N4O4S. The number of anilines is 2. The summed E-state index contributed by atoms with van der Waals surface area (Å²) >= 11 is 0. The smallest absolute Gasteiger partial charge is 0.293 e. The Morgan fingerprint density at radius 1 is 1.13 bits per heavy atom. The number of hydrogen-bond donors (Lipinski definition) is 1. The Bertz CT molecular complexity index is 1040. The topological polar surface area (TPSA) is 95.8 Å². The minimum Gasteiger partial charge on any atom is -0.375 e. The fourth-order valence-corrected chi connectivity index (χ4v) is 6.27. The molecule has 2 aliphatic rings. The maximum Gasteiger partial charge on any atom is 0.293 e. The van der Waals surface area contributed by atoms with E-state index in [2.05, 4.69) is 10.2 Å². The van der Waals surface area contributed by atoms with E-state index >= 15 is 0 Å². The van der Waals surface area contributed by atoms with Gasteiger partial charge in [-0.15, -0.1) is 0 Å². The number of nitrogens with zero attached hydrogens (tertiary/aromatic N) is 3. The van der Waals surface area contributed by atoms with E-state index in [9.17, 15) is 18.5 Å². The molecule has 31 heavy (non-hydrogen) atoms. The van der Waals surface area contributed by atoms with Gasteiger partial charge in [-0.25, -0.2) is 8.42 Å². The lowest BCUT2D eigenvalue weighted by atomic mass is 9.99. The lowest BCUT2D eigenvalue weighted by Gasteiger charge is -2.32. The van der Waals surface area contributed by atoms with E-state index in [0.29, 0.717) is 17.4 Å². The third kappa shape index (κ3) is 4.24. The van der Waals surface area contributed by atoms with Gasteiger partial charge in [0, 0.05) is 31.2 Å². The summed E-state index contributed by atoms with van der Waals surface area (Å²) in [6.45, 7) is 4.03. The molecule has 0 saturated carbocycles. The van der Waals surface area contributed by atoms with Crippen LogP contribution in [0.5, 0.6) is 0 Å². The molecule has 8 nitrogen and oxygen atoms in total. The zero-order valence-corrected chi connectivity index (χ0v) is 18.4. The predicted molar refractivity (Wildman–Crippen MR) is 121 cm³/mol. The van der Waals surface area contributed by atoms with Crippen molar-refractivity contribution in [1.82, 2.24) is 4.90 Å². The summed E-state index contributed by atoms with van der Waals surface area (Å²) in [4.78, 5) is 13.7. The summed E-state index contributed by atoms with van der Waals surface area (Å²) in [6, 6.07) is 13.5. The second kappa shape index (κ2) is 8.84. The first-order valence-electron chi connectivity index (χ1n) is 10.8. The lowest BCUT2D eigenvalue weighted by molar-refractivity contribution is -0.384. The Hall–Kier alpha value is -2.65. The van der Waals surface area contributed by atoms with Gasteiger partial charge in [-0.2, -0.15) is 0 Å². The molecule has 4 rings (SSSR count). The summed E-state index contributed by atoms with van der Waals surface area (Å²) in [7, 11) is -3.93. The van der Waals surface area contributed by atoms with E-state index in [-0.39, 0.29) is 23.2 Å². The molecule has 9 heteroatoms. The molecular weight excluding hydrogens is 416 g/mol. The van der Waals surface area contributed by atoms with Crippen LogP contribution < -0.4 is 9.62 Å². The van der Waals surface area contributed by atoms with Crippen molar-refractivity contribution in [3.05, 3.63) is 58.6 Å². The number of rotatable bonds is 7. The average Bonchev–Trinajstić information content (AvgIpc) is 3.18. The highest BCUT2D eigenvalue weighted by molar-refractivity contribution is 7.92. The number of nitro benzene ring substituents is 1. The Balaban J connectivity index is 1.63. The van der Waals surface area contributed by atoms with Crippen molar-refractivity contribution in [2.75, 3.05) is 29.3 Å². The Morgan fingerprint density at radius 2 is 1.90 bits per heavy atom. The molecule has 1 N–H and O–H groups in total. The van der Waals surface area contributed by atoms with Crippen molar-refractivity contribution in [1.29, 1.82) is 0 Å². The number of fused-ring (bicyclic) bond motifs is 1. The highest BCUT2D eigenvalue weighted by Crippen LogP contribution is 2.34. The number of benzene rings is 2. The molecule has 2 fully saturated rings. The number of nitro groups is 1. The van der Waals surface area contributed by atoms with Crippen LogP contribution in [-0.4, -0.2) is 50.0 Å². The molecule has 0 spiro atoms. The molecule has 0 aliphatic carbocycles. The van der Waals surface area contributed by atoms with Crippen LogP contribution in [0.2, 0.25) is 0 Å². The molecule has 0 amide bonds. The van der Waals surface area contributed by atoms with Crippen LogP contribution in [0.4, 0.5) is 17.1 Å². The maximum absolute atomic E-state index is 13.3. The number of hydrogen-bond acceptors (Lipinski definition) is 6. The zero-order chi connectivity index (χ0) is 22.0. The average molecular weight is 445 g/mol. The molecule has 2 atom stereocenters. The van der Waals surface area contributed by atoms with E-state index < -0.39 is 14.9 Å². The summed E-state index contributed by atoms with van der Waals surface area (Å²) in [5, 5.41) is 15.2. The molecule has 2 saturated heterocycles. The van der Waals surface area contributed by atoms with E-state index in [4.69, 9.17) is 0 Å². The minimum absolute atomic E-state index is 0.0823. The van der Waals surface area contributed by atoms with Crippen LogP contribution in [0.3, 0.4) is 0 Å². The number of nitrogens with one attached hydrogen (secondary N) is 1. The Labute approximate surface area is 183 Å². The number of para-hydroxylation sites is 1. The first-order valence-corrected chi connectivity index (χ1v) is 12.2. The fourth-order valence-electron chi connectivity index (χ4n) is 4.77. The molecule has 166 valence electrons. The normalized spacial score (nSPS) is 21.5. The molecule has 0 aromatic heterocycles. The van der Waals surface area contributed by atoms with Crippen molar-refractivity contribution in [2.45, 2.75) is 49.6 Å². The Morgan fingerprint density at radius 3 is 2.61 bits per heavy atom. The first kappa shape index (κ1) is 21.6. The predicted octanol–water partition coefficient (Wildman–Crippen LogP) is 3.85. The third-order valence-electron chi connectivity index (χ3n) is 6.28. The highest BCUT2D eigenvalue weighted by atomic mass is 32.2. The second-order valence-corrected chi connectivity index (χ2v) is 9.94. The van der Waals surface area contributed by atoms with Crippen LogP contribution in [0.15, 0.2) is 53.4 Å². The number of sulfonamides is 1. The van der Waals surface area contributed by atoms with Gasteiger partial charge in [-0.3, -0.25) is 19.3 Å². The molecule has 2 aromatic carbocycles. The summed E-state index contributed by atoms with van der Waals surface area (Å²) in [5.74, 6) is 0. The van der Waals surface area contributed by atoms with Gasteiger partial charge in [0.15, 0.2) is 0 Å². The summed E-state index contributed by atoms with van der Waals surface area (Å²) < 4.78 is 27.8. The van der Waals surface area contributed by atoms with Gasteiger partial charge in [0.2, 0.25) is 0 Å². The Kier molecular flexibility index (Phi) is 6.15. The van der Waals surface area contributed by atoms with E-state index in [1.807, 2.05) is 6.07 Å². The largest absolute Gasteiger partial charge is 0.375 e. The van der Waals surface area contributed by atoms with Crippen LogP contribution in [-0.2, 0) is 10.0 Å². The van der Waals surface area contributed by atoms with Gasteiger partial charge in [0.1, 0.15) is 5.69 Å². The zero-order valence-electron chi connectivity index (χ0n) is 17.6. The first-order chi connectivity index (χ1) is 14.9. The molecule has 0 radical (unpaired) electrons. The molecule has 0 unspecified atom stereocenters. The van der Waals surface area contributed by atoms with Gasteiger partial charge in [-0.05, 0) is 57.0 Å². The molecule has 2 aromatic rings. The van der Waals surface area contributed by atoms with E-state index in [1.165, 1.54) is 35.3 Å². The van der Waals surface area contributed by atoms with Gasteiger partial charge < -0.3 is 5.32 Å². The SMILES string of the molecule is CCN(c1ccccc1)S(=O)(=O)c1ccc(N[C@@H]2CCN3CCCC[C@H]23)c([N+](=O)[O-])c1. The molecule has 2 heterocycles. The van der Waals surface area contributed by atoms with Crippen molar-refractivity contribution >= 4 is 27.1 Å². The van der Waals surface area contributed by atoms with Gasteiger partial charge in [0.25, 0.3) is 15.7 Å². The van der Waals surface area contributed by atoms with Gasteiger partial charge in [0.05, 0.1) is 15.5 Å². The van der Waals surface area contributed by atoms with E-state index in [0.717, 1.165) is 25.9 Å². The standard InChI is InChI=1S/C22H28N4O4S/c1-2-25(17-8-4-3-5-9-17)31(29,30)18-11-12-19(22(16-18)26(27)28)23-20-13-15-24-14-7-6-10-21(20)24/h3-5,8-9,11-12,16,20-21,23H,2,6-7,10,13-15H2,1H3/t20-,21-/m1/s1.